The van der Waals surface area contributed by atoms with Gasteiger partial charge in [0.05, 0.1) is 0 Å². The van der Waals surface area contributed by atoms with Crippen LogP contribution in [0.1, 0.15) is 24.7 Å². The van der Waals surface area contributed by atoms with E-state index in [-0.39, 0.29) is 11.6 Å². The summed E-state index contributed by atoms with van der Waals surface area (Å²) in [5.41, 5.74) is 1.71. The molecule has 0 saturated carbocycles. The lowest BCUT2D eigenvalue weighted by molar-refractivity contribution is 0.460. The van der Waals surface area contributed by atoms with Gasteiger partial charge in [0.15, 0.2) is 0 Å². The highest BCUT2D eigenvalue weighted by atomic mass is 79.9. The van der Waals surface area contributed by atoms with Crippen LogP contribution in [0.5, 0.6) is 0 Å². The Hall–Kier alpha value is -1.57. The van der Waals surface area contributed by atoms with E-state index in [1.54, 1.807) is 16.8 Å². The smallest absolute Gasteiger partial charge is 0.260 e. The number of hydrogen-bond acceptors (Lipinski definition) is 4. The lowest BCUT2D eigenvalue weighted by Crippen LogP contribution is -2.31. The van der Waals surface area contributed by atoms with E-state index in [1.165, 1.54) is 0 Å². The summed E-state index contributed by atoms with van der Waals surface area (Å²) in [6.45, 7) is 1.81. The summed E-state index contributed by atoms with van der Waals surface area (Å²) < 4.78 is 14.4. The maximum Gasteiger partial charge on any atom is 0.260 e. The largest absolute Gasteiger partial charge is 0.289 e. The van der Waals surface area contributed by atoms with Gasteiger partial charge in [-0.1, -0.05) is 33.6 Å². The van der Waals surface area contributed by atoms with Gasteiger partial charge in [-0.25, -0.2) is 9.97 Å². The van der Waals surface area contributed by atoms with Gasteiger partial charge in [-0.3, -0.25) is 13.6 Å². The molecule has 3 heterocycles. The van der Waals surface area contributed by atoms with Crippen LogP contribution < -0.4 is 5.56 Å². The van der Waals surface area contributed by atoms with Crippen LogP contribution in [0.3, 0.4) is 0 Å². The summed E-state index contributed by atoms with van der Waals surface area (Å²) >= 11 is 9.82. The molecule has 2 aromatic heterocycles. The van der Waals surface area contributed by atoms with E-state index in [1.807, 2.05) is 25.1 Å². The highest BCUT2D eigenvalue weighted by molar-refractivity contribution is 9.10. The van der Waals surface area contributed by atoms with Gasteiger partial charge in [0.2, 0.25) is 0 Å². The van der Waals surface area contributed by atoms with Crippen LogP contribution in [0, 0.1) is 6.92 Å². The predicted octanol–water partition coefficient (Wildman–Crippen LogP) is 4.27. The van der Waals surface area contributed by atoms with Crippen molar-refractivity contribution in [3.8, 4) is 11.1 Å². The van der Waals surface area contributed by atoms with Gasteiger partial charge in [0.1, 0.15) is 11.5 Å². The minimum atomic E-state index is -0.801. The van der Waals surface area contributed by atoms with Crippen LogP contribution in [0.15, 0.2) is 39.7 Å². The van der Waals surface area contributed by atoms with Gasteiger partial charge in [-0.2, -0.15) is 0 Å². The molecule has 140 valence electrons. The van der Waals surface area contributed by atoms with Crippen molar-refractivity contribution < 1.29 is 4.21 Å². The van der Waals surface area contributed by atoms with Crippen molar-refractivity contribution in [2.45, 2.75) is 25.8 Å². The van der Waals surface area contributed by atoms with Gasteiger partial charge in [0, 0.05) is 60.6 Å². The van der Waals surface area contributed by atoms with Crippen molar-refractivity contribution in [3.05, 3.63) is 56.1 Å². The first-order valence-corrected chi connectivity index (χ1v) is 11.3. The van der Waals surface area contributed by atoms with Gasteiger partial charge in [-0.15, -0.1) is 0 Å². The third-order valence-corrected chi connectivity index (χ3v) is 7.03. The number of pyridine rings is 1. The second-order valence-electron chi connectivity index (χ2n) is 6.63. The number of fused-ring (bicyclic) bond motifs is 1. The summed E-state index contributed by atoms with van der Waals surface area (Å²) in [5, 5.41) is 1.30. The first-order valence-electron chi connectivity index (χ1n) is 8.63. The van der Waals surface area contributed by atoms with E-state index >= 15 is 0 Å². The molecule has 0 atom stereocenters. The third-order valence-electron chi connectivity index (χ3n) is 4.84. The van der Waals surface area contributed by atoms with E-state index in [4.69, 9.17) is 11.6 Å². The van der Waals surface area contributed by atoms with Gasteiger partial charge in [0.25, 0.3) is 5.56 Å². The third kappa shape index (κ3) is 3.60. The van der Waals surface area contributed by atoms with E-state index in [9.17, 15) is 9.00 Å². The Labute approximate surface area is 172 Å². The molecule has 0 radical (unpaired) electrons. The molecule has 0 spiro atoms. The maximum atomic E-state index is 13.5. The molecule has 3 aromatic rings. The Balaban J connectivity index is 1.99. The highest BCUT2D eigenvalue weighted by Crippen LogP contribution is 2.32. The molecule has 1 aromatic carbocycles. The molecule has 1 aliphatic rings. The maximum absolute atomic E-state index is 13.5. The Kier molecular flexibility index (Phi) is 5.18. The van der Waals surface area contributed by atoms with Gasteiger partial charge >= 0.3 is 0 Å². The van der Waals surface area contributed by atoms with Gasteiger partial charge in [-0.05, 0) is 38.0 Å². The predicted molar refractivity (Wildman–Crippen MR) is 113 cm³/mol. The number of halogens is 2. The number of aromatic nitrogens is 3. The number of hydrogen-bond donors (Lipinski definition) is 0. The SMILES string of the molecule is Cc1ncc2cc(-c3ccc(Br)cc3Cl)c(=O)n(C3CCS(=O)CC3)c2n1. The first kappa shape index (κ1) is 18.8. The zero-order valence-electron chi connectivity index (χ0n) is 14.6. The lowest BCUT2D eigenvalue weighted by Gasteiger charge is -2.25. The molecular weight excluding hydrogens is 450 g/mol. The molecule has 0 aliphatic carbocycles. The van der Waals surface area contributed by atoms with Crippen LogP contribution in [0.2, 0.25) is 5.02 Å². The molecule has 27 heavy (non-hydrogen) atoms. The van der Waals surface area contributed by atoms with Crippen molar-refractivity contribution in [1.82, 2.24) is 14.5 Å². The molecule has 1 fully saturated rings. The van der Waals surface area contributed by atoms with Crippen molar-refractivity contribution >= 4 is 49.4 Å². The molecule has 5 nitrogen and oxygen atoms in total. The van der Waals surface area contributed by atoms with E-state index in [0.29, 0.717) is 52.0 Å². The van der Waals surface area contributed by atoms with E-state index in [0.717, 1.165) is 9.86 Å². The minimum Gasteiger partial charge on any atom is -0.289 e. The molecule has 0 amide bonds. The van der Waals surface area contributed by atoms with E-state index < -0.39 is 10.8 Å². The fourth-order valence-corrected chi connectivity index (χ4v) is 5.53. The van der Waals surface area contributed by atoms with Crippen LogP contribution >= 0.6 is 27.5 Å². The Morgan fingerprint density at radius 1 is 1.22 bits per heavy atom. The molecule has 0 bridgehead atoms. The summed E-state index contributed by atoms with van der Waals surface area (Å²) in [5.74, 6) is 1.82. The molecular formula is C19H17BrClN3O2S. The lowest BCUT2D eigenvalue weighted by atomic mass is 10.0. The summed E-state index contributed by atoms with van der Waals surface area (Å²) in [6, 6.07) is 7.26. The zero-order valence-corrected chi connectivity index (χ0v) is 17.8. The molecule has 0 unspecified atom stereocenters. The van der Waals surface area contributed by atoms with E-state index in [2.05, 4.69) is 25.9 Å². The van der Waals surface area contributed by atoms with Crippen molar-refractivity contribution in [2.75, 3.05) is 11.5 Å². The zero-order chi connectivity index (χ0) is 19.1. The monoisotopic (exact) mass is 465 g/mol. The Morgan fingerprint density at radius 3 is 2.67 bits per heavy atom. The highest BCUT2D eigenvalue weighted by Gasteiger charge is 2.24. The summed E-state index contributed by atoms with van der Waals surface area (Å²) in [7, 11) is -0.801. The van der Waals surface area contributed by atoms with Gasteiger partial charge < -0.3 is 0 Å². The summed E-state index contributed by atoms with van der Waals surface area (Å²) in [6.07, 6.45) is 3.13. The molecule has 1 aliphatic heterocycles. The van der Waals surface area contributed by atoms with Crippen molar-refractivity contribution in [3.63, 3.8) is 0 Å². The average Bonchev–Trinajstić information content (AvgIpc) is 2.63. The minimum absolute atomic E-state index is 0.0267. The molecule has 4 rings (SSSR count). The van der Waals surface area contributed by atoms with Crippen molar-refractivity contribution in [1.29, 1.82) is 0 Å². The van der Waals surface area contributed by atoms with Crippen LogP contribution in [0.4, 0.5) is 0 Å². The topological polar surface area (TPSA) is 64.8 Å². The quantitative estimate of drug-likeness (QED) is 0.566. The second kappa shape index (κ2) is 7.45. The number of nitrogens with zero attached hydrogens (tertiary/aromatic N) is 3. The molecule has 8 heteroatoms. The number of benzene rings is 1. The van der Waals surface area contributed by atoms with Crippen LogP contribution in [0.25, 0.3) is 22.2 Å². The standard InChI is InChI=1S/C19H17BrClN3O2S/c1-11-22-10-12-8-16(15-3-2-13(20)9-17(15)21)19(25)24(18(12)23-11)14-4-6-27(26)7-5-14/h2-3,8-10,14H,4-7H2,1H3. The van der Waals surface area contributed by atoms with Crippen LogP contribution in [-0.2, 0) is 10.8 Å². The number of rotatable bonds is 2. The second-order valence-corrected chi connectivity index (χ2v) is 9.65. The average molecular weight is 467 g/mol. The Bertz CT molecular complexity index is 1120. The normalized spacial score (nSPS) is 20.1. The Morgan fingerprint density at radius 2 is 1.96 bits per heavy atom. The molecule has 0 N–H and O–H groups in total. The fraction of sp³-hybridized carbons (Fsp3) is 0.316. The van der Waals surface area contributed by atoms with Crippen molar-refractivity contribution in [2.24, 2.45) is 0 Å². The van der Waals surface area contributed by atoms with Crippen LogP contribution in [-0.4, -0.2) is 30.2 Å². The first-order chi connectivity index (χ1) is 12.9. The number of aryl methyl sites for hydroxylation is 1. The fourth-order valence-electron chi connectivity index (χ4n) is 3.48. The summed E-state index contributed by atoms with van der Waals surface area (Å²) in [4.78, 5) is 22.3. The molecule has 1 saturated heterocycles.